The number of ketones is 1. The van der Waals surface area contributed by atoms with Crippen molar-refractivity contribution >= 4 is 23.1 Å². The summed E-state index contributed by atoms with van der Waals surface area (Å²) in [6.07, 6.45) is 1.25. The van der Waals surface area contributed by atoms with E-state index in [1.165, 1.54) is 0 Å². The van der Waals surface area contributed by atoms with E-state index in [1.54, 1.807) is 0 Å². The highest BCUT2D eigenvalue weighted by molar-refractivity contribution is 6.30. The highest BCUT2D eigenvalue weighted by atomic mass is 35.5. The molecule has 0 aromatic heterocycles. The van der Waals surface area contributed by atoms with Crippen molar-refractivity contribution in [1.29, 1.82) is 0 Å². The van der Waals surface area contributed by atoms with Crippen molar-refractivity contribution in [3.63, 3.8) is 0 Å². The van der Waals surface area contributed by atoms with E-state index in [9.17, 15) is 4.79 Å². The number of carbonyl (C=O) groups is 1. The molecule has 0 amide bonds. The summed E-state index contributed by atoms with van der Waals surface area (Å²) in [7, 11) is 0. The summed E-state index contributed by atoms with van der Waals surface area (Å²) < 4.78 is 0. The third kappa shape index (κ3) is 2.22. The first-order valence-electron chi connectivity index (χ1n) is 5.54. The van der Waals surface area contributed by atoms with Crippen LogP contribution >= 0.6 is 11.6 Å². The first kappa shape index (κ1) is 11.5. The lowest BCUT2D eigenvalue weighted by molar-refractivity contribution is -0.121. The predicted molar refractivity (Wildman–Crippen MR) is 67.1 cm³/mol. The Morgan fingerprint density at radius 2 is 2.12 bits per heavy atom. The Bertz CT molecular complexity index is 414. The van der Waals surface area contributed by atoms with E-state index in [0.29, 0.717) is 18.6 Å². The standard InChI is InChI=1S/C13H16ClNO/c1-13(2)9-12(16)6-7-15(13)11-5-3-4-10(14)8-11/h3-5,8H,6-7,9H2,1-2H3. The van der Waals surface area contributed by atoms with Gasteiger partial charge >= 0.3 is 0 Å². The molecule has 1 fully saturated rings. The predicted octanol–water partition coefficient (Wildman–Crippen LogP) is 3.29. The lowest BCUT2D eigenvalue weighted by Crippen LogP contribution is -2.50. The van der Waals surface area contributed by atoms with E-state index in [2.05, 4.69) is 18.7 Å². The normalized spacial score (nSPS) is 19.9. The van der Waals surface area contributed by atoms with Crippen molar-refractivity contribution in [3.05, 3.63) is 29.3 Å². The summed E-state index contributed by atoms with van der Waals surface area (Å²) in [5.74, 6) is 0.350. The third-order valence-electron chi connectivity index (χ3n) is 3.09. The van der Waals surface area contributed by atoms with Crippen LogP contribution in [0, 0.1) is 0 Å². The van der Waals surface area contributed by atoms with Crippen molar-refractivity contribution in [2.75, 3.05) is 11.4 Å². The van der Waals surface area contributed by atoms with Gasteiger partial charge in [0.05, 0.1) is 0 Å². The van der Waals surface area contributed by atoms with Gasteiger partial charge in [0.1, 0.15) is 5.78 Å². The summed E-state index contributed by atoms with van der Waals surface area (Å²) >= 11 is 5.99. The minimum atomic E-state index is -0.111. The molecule has 1 aromatic rings. The molecule has 0 radical (unpaired) electrons. The molecule has 16 heavy (non-hydrogen) atoms. The van der Waals surface area contributed by atoms with E-state index in [1.807, 2.05) is 24.3 Å². The fourth-order valence-corrected chi connectivity index (χ4v) is 2.51. The van der Waals surface area contributed by atoms with Crippen LogP contribution < -0.4 is 4.90 Å². The quantitative estimate of drug-likeness (QED) is 0.747. The van der Waals surface area contributed by atoms with E-state index < -0.39 is 0 Å². The maximum atomic E-state index is 11.5. The number of piperidine rings is 1. The average molecular weight is 238 g/mol. The van der Waals surface area contributed by atoms with Crippen LogP contribution in [0.3, 0.4) is 0 Å². The molecule has 0 spiro atoms. The minimum absolute atomic E-state index is 0.111. The third-order valence-corrected chi connectivity index (χ3v) is 3.33. The van der Waals surface area contributed by atoms with Crippen LogP contribution in [0.4, 0.5) is 5.69 Å². The van der Waals surface area contributed by atoms with Crippen LogP contribution in [0.5, 0.6) is 0 Å². The molecule has 0 atom stereocenters. The number of carbonyl (C=O) groups excluding carboxylic acids is 1. The molecule has 3 heteroatoms. The zero-order valence-electron chi connectivity index (χ0n) is 9.66. The smallest absolute Gasteiger partial charge is 0.136 e. The van der Waals surface area contributed by atoms with E-state index >= 15 is 0 Å². The summed E-state index contributed by atoms with van der Waals surface area (Å²) in [5, 5.41) is 0.741. The van der Waals surface area contributed by atoms with Gasteiger partial charge in [-0.3, -0.25) is 4.79 Å². The largest absolute Gasteiger partial charge is 0.365 e. The number of hydrogen-bond donors (Lipinski definition) is 0. The molecule has 0 unspecified atom stereocenters. The number of anilines is 1. The Kier molecular flexibility index (Phi) is 2.94. The molecule has 1 aliphatic heterocycles. The summed E-state index contributed by atoms with van der Waals surface area (Å²) in [6.45, 7) is 4.99. The molecule has 0 aliphatic carbocycles. The van der Waals surface area contributed by atoms with Crippen LogP contribution in [0.1, 0.15) is 26.7 Å². The van der Waals surface area contributed by atoms with Gasteiger partial charge in [0, 0.05) is 35.6 Å². The fourth-order valence-electron chi connectivity index (χ4n) is 2.33. The Balaban J connectivity index is 2.30. The second kappa shape index (κ2) is 4.10. The van der Waals surface area contributed by atoms with E-state index in [4.69, 9.17) is 11.6 Å². The van der Waals surface area contributed by atoms with Crippen molar-refractivity contribution in [3.8, 4) is 0 Å². The highest BCUT2D eigenvalue weighted by Gasteiger charge is 2.33. The number of hydrogen-bond acceptors (Lipinski definition) is 2. The number of nitrogens with zero attached hydrogens (tertiary/aromatic N) is 1. The molecule has 1 aromatic carbocycles. The number of rotatable bonds is 1. The zero-order chi connectivity index (χ0) is 11.8. The van der Waals surface area contributed by atoms with Crippen molar-refractivity contribution < 1.29 is 4.79 Å². The molecule has 1 saturated heterocycles. The summed E-state index contributed by atoms with van der Waals surface area (Å²) in [5.41, 5.74) is 0.991. The van der Waals surface area contributed by atoms with Crippen molar-refractivity contribution in [2.24, 2.45) is 0 Å². The molecule has 0 bridgehead atoms. The molecular weight excluding hydrogens is 222 g/mol. The van der Waals surface area contributed by atoms with Gasteiger partial charge in [0.15, 0.2) is 0 Å². The molecule has 2 rings (SSSR count). The molecule has 0 saturated carbocycles. The minimum Gasteiger partial charge on any atom is -0.365 e. The van der Waals surface area contributed by atoms with Crippen molar-refractivity contribution in [2.45, 2.75) is 32.2 Å². The average Bonchev–Trinajstić information content (AvgIpc) is 2.15. The van der Waals surface area contributed by atoms with E-state index in [-0.39, 0.29) is 5.54 Å². The first-order chi connectivity index (χ1) is 7.49. The molecule has 2 nitrogen and oxygen atoms in total. The molecule has 1 heterocycles. The van der Waals surface area contributed by atoms with Gasteiger partial charge in [-0.25, -0.2) is 0 Å². The van der Waals surface area contributed by atoms with Gasteiger partial charge in [-0.05, 0) is 32.0 Å². The van der Waals surface area contributed by atoms with Crippen LogP contribution in [-0.2, 0) is 4.79 Å². The molecule has 1 aliphatic rings. The maximum absolute atomic E-state index is 11.5. The lowest BCUT2D eigenvalue weighted by Gasteiger charge is -2.43. The Labute approximate surface area is 101 Å². The lowest BCUT2D eigenvalue weighted by atomic mass is 9.89. The van der Waals surface area contributed by atoms with Gasteiger partial charge in [0.2, 0.25) is 0 Å². The SMILES string of the molecule is CC1(C)CC(=O)CCN1c1cccc(Cl)c1. The van der Waals surface area contributed by atoms with Crippen LogP contribution in [0.15, 0.2) is 24.3 Å². The van der Waals surface area contributed by atoms with Gasteiger partial charge in [-0.15, -0.1) is 0 Å². The van der Waals surface area contributed by atoms with E-state index in [0.717, 1.165) is 17.3 Å². The van der Waals surface area contributed by atoms with Crippen LogP contribution in [0.2, 0.25) is 5.02 Å². The molecule has 86 valence electrons. The topological polar surface area (TPSA) is 20.3 Å². The summed E-state index contributed by atoms with van der Waals surface area (Å²) in [6, 6.07) is 7.82. The van der Waals surface area contributed by atoms with Gasteiger partial charge in [-0.2, -0.15) is 0 Å². The maximum Gasteiger partial charge on any atom is 0.136 e. The number of Topliss-reactive ketones (excluding diaryl/α,β-unsaturated/α-hetero) is 1. The van der Waals surface area contributed by atoms with Gasteiger partial charge in [-0.1, -0.05) is 17.7 Å². The van der Waals surface area contributed by atoms with Crippen LogP contribution in [-0.4, -0.2) is 17.9 Å². The second-order valence-corrected chi connectivity index (χ2v) is 5.35. The zero-order valence-corrected chi connectivity index (χ0v) is 10.4. The van der Waals surface area contributed by atoms with Crippen LogP contribution in [0.25, 0.3) is 0 Å². The Hall–Kier alpha value is -1.02. The Morgan fingerprint density at radius 3 is 2.75 bits per heavy atom. The van der Waals surface area contributed by atoms with Crippen molar-refractivity contribution in [1.82, 2.24) is 0 Å². The first-order valence-corrected chi connectivity index (χ1v) is 5.92. The summed E-state index contributed by atoms with van der Waals surface area (Å²) in [4.78, 5) is 13.7. The highest BCUT2D eigenvalue weighted by Crippen LogP contribution is 2.32. The molecular formula is C13H16ClNO. The second-order valence-electron chi connectivity index (χ2n) is 4.91. The Morgan fingerprint density at radius 1 is 1.38 bits per heavy atom. The molecule has 0 N–H and O–H groups in total. The number of benzene rings is 1. The van der Waals surface area contributed by atoms with Gasteiger partial charge in [0.25, 0.3) is 0 Å². The monoisotopic (exact) mass is 237 g/mol. The fraction of sp³-hybridized carbons (Fsp3) is 0.462. The van der Waals surface area contributed by atoms with Gasteiger partial charge < -0.3 is 4.90 Å². The number of halogens is 1.